The number of esters is 1. The summed E-state index contributed by atoms with van der Waals surface area (Å²) in [6.45, 7) is 6.23. The molecule has 0 aliphatic rings. The Bertz CT molecular complexity index is 656. The Hall–Kier alpha value is -2.17. The second kappa shape index (κ2) is 5.68. The van der Waals surface area contributed by atoms with E-state index >= 15 is 0 Å². The molecule has 0 atom stereocenters. The van der Waals surface area contributed by atoms with Gasteiger partial charge in [0.1, 0.15) is 16.9 Å². The number of nitrogens with zero attached hydrogens (tertiary/aromatic N) is 1. The number of hydrogen-bond donors (Lipinski definition) is 0. The van der Waals surface area contributed by atoms with E-state index in [0.29, 0.717) is 5.69 Å². The van der Waals surface area contributed by atoms with E-state index in [1.54, 1.807) is 20.8 Å². The van der Waals surface area contributed by atoms with Crippen LogP contribution in [0.25, 0.3) is 11.3 Å². The van der Waals surface area contributed by atoms with Crippen LogP contribution in [0.3, 0.4) is 0 Å². The lowest BCUT2D eigenvalue weighted by molar-refractivity contribution is 0.00670. The number of carbonyl (C=O) groups excluding carboxylic acids is 1. The first-order valence-electron chi connectivity index (χ1n) is 6.67. The highest BCUT2D eigenvalue weighted by molar-refractivity contribution is 5.97. The van der Waals surface area contributed by atoms with Crippen molar-refractivity contribution in [2.75, 3.05) is 0 Å². The molecule has 0 bridgehead atoms. The normalized spacial score (nSPS) is 11.5. The highest BCUT2D eigenvalue weighted by Crippen LogP contribution is 2.30. The van der Waals surface area contributed by atoms with Crippen LogP contribution < -0.4 is 0 Å². The minimum atomic E-state index is -0.909. The molecule has 0 aliphatic heterocycles. The van der Waals surface area contributed by atoms with Gasteiger partial charge in [-0.3, -0.25) is 0 Å². The maximum atomic E-state index is 13.1. The van der Waals surface area contributed by atoms with E-state index in [1.807, 2.05) is 31.2 Å². The predicted molar refractivity (Wildman–Crippen MR) is 76.7 cm³/mol. The summed E-state index contributed by atoms with van der Waals surface area (Å²) in [5.41, 5.74) is 1.34. The number of carbonyl (C=O) groups is 1. The minimum absolute atomic E-state index is 0.0572. The quantitative estimate of drug-likeness (QED) is 0.800. The highest BCUT2D eigenvalue weighted by Gasteiger charge is 2.28. The summed E-state index contributed by atoms with van der Waals surface area (Å²) >= 11 is 0. The molecule has 0 saturated carbocycles. The molecule has 5 heteroatoms. The molecule has 0 radical (unpaired) electrons. The number of alkyl halides is 1. The average Bonchev–Trinajstić information content (AvgIpc) is 2.81. The Morgan fingerprint density at radius 3 is 2.57 bits per heavy atom. The van der Waals surface area contributed by atoms with Gasteiger partial charge in [0.2, 0.25) is 0 Å². The van der Waals surface area contributed by atoms with Crippen molar-refractivity contribution in [2.45, 2.75) is 40.0 Å². The van der Waals surface area contributed by atoms with E-state index in [2.05, 4.69) is 5.16 Å². The molecule has 0 fully saturated rings. The summed E-state index contributed by atoms with van der Waals surface area (Å²) in [6.07, 6.45) is 0. The molecule has 1 aromatic heterocycles. The molecule has 1 aromatic carbocycles. The topological polar surface area (TPSA) is 52.3 Å². The zero-order valence-corrected chi connectivity index (χ0v) is 12.6. The standard InChI is InChI=1S/C16H18FNO3/c1-10-7-5-6-8-11(10)14-13(12(9-17)21-18-14)15(19)20-16(2,3)4/h5-8H,9H2,1-4H3. The summed E-state index contributed by atoms with van der Waals surface area (Å²) in [5, 5.41) is 3.85. The van der Waals surface area contributed by atoms with Gasteiger partial charge in [-0.05, 0) is 33.3 Å². The van der Waals surface area contributed by atoms with Crippen molar-refractivity contribution in [1.29, 1.82) is 0 Å². The molecule has 0 unspecified atom stereocenters. The van der Waals surface area contributed by atoms with Crippen LogP contribution in [0.4, 0.5) is 4.39 Å². The fourth-order valence-corrected chi connectivity index (χ4v) is 1.98. The van der Waals surface area contributed by atoms with E-state index < -0.39 is 18.2 Å². The van der Waals surface area contributed by atoms with E-state index in [0.717, 1.165) is 11.1 Å². The first-order chi connectivity index (χ1) is 9.83. The van der Waals surface area contributed by atoms with E-state index in [-0.39, 0.29) is 11.3 Å². The Kier molecular flexibility index (Phi) is 4.11. The van der Waals surface area contributed by atoms with Crippen LogP contribution in [-0.4, -0.2) is 16.7 Å². The molecule has 0 saturated heterocycles. The smallest absolute Gasteiger partial charge is 0.344 e. The molecule has 0 N–H and O–H groups in total. The van der Waals surface area contributed by atoms with E-state index in [4.69, 9.17) is 9.26 Å². The van der Waals surface area contributed by atoms with Gasteiger partial charge in [0.25, 0.3) is 0 Å². The van der Waals surface area contributed by atoms with Crippen LogP contribution in [-0.2, 0) is 11.4 Å². The van der Waals surface area contributed by atoms with Gasteiger partial charge in [0.15, 0.2) is 12.4 Å². The molecule has 2 rings (SSSR count). The van der Waals surface area contributed by atoms with Crippen LogP contribution in [0.2, 0.25) is 0 Å². The summed E-state index contributed by atoms with van der Waals surface area (Å²) in [4.78, 5) is 12.3. The zero-order valence-electron chi connectivity index (χ0n) is 12.6. The van der Waals surface area contributed by atoms with Gasteiger partial charge in [-0.2, -0.15) is 0 Å². The van der Waals surface area contributed by atoms with Crippen molar-refractivity contribution in [3.63, 3.8) is 0 Å². The van der Waals surface area contributed by atoms with Crippen molar-refractivity contribution in [2.24, 2.45) is 0 Å². The van der Waals surface area contributed by atoms with Crippen LogP contribution in [0.1, 0.15) is 42.5 Å². The Morgan fingerprint density at radius 1 is 1.33 bits per heavy atom. The first kappa shape index (κ1) is 15.2. The van der Waals surface area contributed by atoms with Crippen LogP contribution in [0, 0.1) is 6.92 Å². The molecule has 0 amide bonds. The number of aryl methyl sites for hydroxylation is 1. The Balaban J connectivity index is 2.52. The van der Waals surface area contributed by atoms with Crippen molar-refractivity contribution < 1.29 is 18.4 Å². The third-order valence-electron chi connectivity index (χ3n) is 2.89. The van der Waals surface area contributed by atoms with Gasteiger partial charge in [-0.15, -0.1) is 0 Å². The second-order valence-corrected chi connectivity index (χ2v) is 5.78. The van der Waals surface area contributed by atoms with Crippen molar-refractivity contribution >= 4 is 5.97 Å². The summed E-state index contributed by atoms with van der Waals surface area (Å²) in [7, 11) is 0. The van der Waals surface area contributed by atoms with Crippen LogP contribution in [0.15, 0.2) is 28.8 Å². The van der Waals surface area contributed by atoms with E-state index in [1.165, 1.54) is 0 Å². The van der Waals surface area contributed by atoms with Gasteiger partial charge in [-0.1, -0.05) is 29.4 Å². The Labute approximate surface area is 122 Å². The van der Waals surface area contributed by atoms with Crippen LogP contribution >= 0.6 is 0 Å². The SMILES string of the molecule is Cc1ccccc1-c1noc(CF)c1C(=O)OC(C)(C)C. The maximum absolute atomic E-state index is 13.1. The molecule has 2 aromatic rings. The molecular weight excluding hydrogens is 273 g/mol. The number of halogens is 1. The molecule has 1 heterocycles. The monoisotopic (exact) mass is 291 g/mol. The van der Waals surface area contributed by atoms with Crippen LogP contribution in [0.5, 0.6) is 0 Å². The number of aromatic nitrogens is 1. The largest absolute Gasteiger partial charge is 0.456 e. The molecule has 112 valence electrons. The van der Waals surface area contributed by atoms with Gasteiger partial charge >= 0.3 is 5.97 Å². The lowest BCUT2D eigenvalue weighted by atomic mass is 10.0. The summed E-state index contributed by atoms with van der Waals surface area (Å²) in [6, 6.07) is 7.40. The lowest BCUT2D eigenvalue weighted by Gasteiger charge is -2.19. The van der Waals surface area contributed by atoms with Crippen molar-refractivity contribution in [3.05, 3.63) is 41.2 Å². The summed E-state index contributed by atoms with van der Waals surface area (Å²) in [5.74, 6) is -0.739. The fourth-order valence-electron chi connectivity index (χ4n) is 1.98. The second-order valence-electron chi connectivity index (χ2n) is 5.78. The first-order valence-corrected chi connectivity index (χ1v) is 6.67. The molecule has 21 heavy (non-hydrogen) atoms. The molecular formula is C16H18FNO3. The Morgan fingerprint density at radius 2 is 2.00 bits per heavy atom. The number of ether oxygens (including phenoxy) is 1. The van der Waals surface area contributed by atoms with E-state index in [9.17, 15) is 9.18 Å². The van der Waals surface area contributed by atoms with Crippen molar-refractivity contribution in [1.82, 2.24) is 5.16 Å². The number of hydrogen-bond acceptors (Lipinski definition) is 4. The van der Waals surface area contributed by atoms with Gasteiger partial charge < -0.3 is 9.26 Å². The predicted octanol–water partition coefficient (Wildman–Crippen LogP) is 4.07. The number of rotatable bonds is 3. The molecule has 4 nitrogen and oxygen atoms in total. The third-order valence-corrected chi connectivity index (χ3v) is 2.89. The fraction of sp³-hybridized carbons (Fsp3) is 0.375. The lowest BCUT2D eigenvalue weighted by Crippen LogP contribution is -2.24. The van der Waals surface area contributed by atoms with Gasteiger partial charge in [0, 0.05) is 5.56 Å². The van der Waals surface area contributed by atoms with Gasteiger partial charge in [0.05, 0.1) is 0 Å². The highest BCUT2D eigenvalue weighted by atomic mass is 19.1. The molecule has 0 spiro atoms. The average molecular weight is 291 g/mol. The number of benzene rings is 1. The van der Waals surface area contributed by atoms with Gasteiger partial charge in [-0.25, -0.2) is 9.18 Å². The summed E-state index contributed by atoms with van der Waals surface area (Å²) < 4.78 is 23.4. The molecule has 0 aliphatic carbocycles. The zero-order chi connectivity index (χ0) is 15.6. The minimum Gasteiger partial charge on any atom is -0.456 e. The maximum Gasteiger partial charge on any atom is 0.344 e. The van der Waals surface area contributed by atoms with Crippen molar-refractivity contribution in [3.8, 4) is 11.3 Å². The third kappa shape index (κ3) is 3.29.